The molecule has 0 aliphatic carbocycles. The number of nitrogens with one attached hydrogen (secondary N) is 1. The van der Waals surface area contributed by atoms with Gasteiger partial charge in [-0.2, -0.15) is 0 Å². The molecule has 0 unspecified atom stereocenters. The van der Waals surface area contributed by atoms with Crippen molar-refractivity contribution in [2.24, 2.45) is 0 Å². The van der Waals surface area contributed by atoms with Gasteiger partial charge in [0.1, 0.15) is 17.2 Å². The normalized spacial score (nSPS) is 13.0. The molecule has 0 aliphatic rings. The molecule has 0 aliphatic heterocycles. The minimum Gasteiger partial charge on any atom is -0.458 e. The van der Waals surface area contributed by atoms with Crippen molar-refractivity contribution in [1.29, 1.82) is 0 Å². The summed E-state index contributed by atoms with van der Waals surface area (Å²) in [7, 11) is 3.35. The van der Waals surface area contributed by atoms with Crippen LogP contribution in [0.1, 0.15) is 60.8 Å². The molecule has 0 spiro atoms. The topological polar surface area (TPSA) is 84.9 Å². The van der Waals surface area contributed by atoms with Crippen LogP contribution in [0.3, 0.4) is 0 Å². The second kappa shape index (κ2) is 8.89. The Labute approximate surface area is 145 Å². The number of rotatable bonds is 6. The lowest BCUT2D eigenvalue weighted by molar-refractivity contribution is -0.157. The molecule has 0 heterocycles. The number of hydrogen-bond acceptors (Lipinski definition) is 5. The van der Waals surface area contributed by atoms with Gasteiger partial charge in [0, 0.05) is 20.5 Å². The standard InChI is InChI=1S/C17H32N2O5/c1-16(2,3)23-14(21)12(10-9-11-13(20)19(7)8)18-15(22)24-17(4,5)6/h12H,9-11H2,1-8H3,(H,18,22)/t12-/m1/s1. The molecule has 0 saturated heterocycles. The Bertz CT molecular complexity index is 447. The van der Waals surface area contributed by atoms with E-state index >= 15 is 0 Å². The molecule has 0 saturated carbocycles. The summed E-state index contributed by atoms with van der Waals surface area (Å²) in [5.74, 6) is -0.569. The second-order valence-electron chi connectivity index (χ2n) is 7.91. The Balaban J connectivity index is 4.80. The Hall–Kier alpha value is -1.79. The van der Waals surface area contributed by atoms with E-state index < -0.39 is 29.3 Å². The van der Waals surface area contributed by atoms with Crippen molar-refractivity contribution < 1.29 is 23.9 Å². The molecule has 0 aromatic heterocycles. The van der Waals surface area contributed by atoms with Crippen LogP contribution < -0.4 is 5.32 Å². The van der Waals surface area contributed by atoms with Crippen molar-refractivity contribution in [2.75, 3.05) is 14.1 Å². The molecule has 1 atom stereocenters. The van der Waals surface area contributed by atoms with Crippen LogP contribution in [0, 0.1) is 0 Å². The van der Waals surface area contributed by atoms with Gasteiger partial charge in [0.15, 0.2) is 0 Å². The molecule has 2 amide bonds. The molecule has 0 aromatic rings. The Kier molecular flexibility index (Phi) is 8.23. The molecular weight excluding hydrogens is 312 g/mol. The first-order chi connectivity index (χ1) is 10.7. The maximum atomic E-state index is 12.3. The largest absolute Gasteiger partial charge is 0.458 e. The highest BCUT2D eigenvalue weighted by atomic mass is 16.6. The Morgan fingerprint density at radius 2 is 1.46 bits per heavy atom. The lowest BCUT2D eigenvalue weighted by Crippen LogP contribution is -2.46. The highest BCUT2D eigenvalue weighted by Gasteiger charge is 2.28. The molecule has 7 heteroatoms. The van der Waals surface area contributed by atoms with Crippen molar-refractivity contribution in [2.45, 2.75) is 78.0 Å². The fourth-order valence-electron chi connectivity index (χ4n) is 1.75. The lowest BCUT2D eigenvalue weighted by Gasteiger charge is -2.26. The predicted molar refractivity (Wildman–Crippen MR) is 91.5 cm³/mol. The third-order valence-corrected chi connectivity index (χ3v) is 2.76. The minimum absolute atomic E-state index is 0.0322. The van der Waals surface area contributed by atoms with Crippen LogP contribution in [-0.2, 0) is 19.1 Å². The fraction of sp³-hybridized carbons (Fsp3) is 0.824. The number of esters is 1. The van der Waals surface area contributed by atoms with Crippen LogP contribution in [0.25, 0.3) is 0 Å². The predicted octanol–water partition coefficient (Wildman–Crippen LogP) is 2.48. The summed E-state index contributed by atoms with van der Waals surface area (Å²) >= 11 is 0. The monoisotopic (exact) mass is 344 g/mol. The molecule has 0 aromatic carbocycles. The van der Waals surface area contributed by atoms with Gasteiger partial charge in [-0.3, -0.25) is 4.79 Å². The summed E-state index contributed by atoms with van der Waals surface area (Å²) in [5, 5.41) is 2.54. The summed E-state index contributed by atoms with van der Waals surface area (Å²) in [6.07, 6.45) is 0.365. The van der Waals surface area contributed by atoms with E-state index in [0.717, 1.165) is 0 Å². The van der Waals surface area contributed by atoms with Gasteiger partial charge in [0.2, 0.25) is 5.91 Å². The lowest BCUT2D eigenvalue weighted by atomic mass is 10.1. The van der Waals surface area contributed by atoms with Crippen LogP contribution in [-0.4, -0.2) is 54.2 Å². The van der Waals surface area contributed by atoms with E-state index in [0.29, 0.717) is 19.3 Å². The average molecular weight is 344 g/mol. The second-order valence-corrected chi connectivity index (χ2v) is 7.91. The first-order valence-corrected chi connectivity index (χ1v) is 8.14. The molecule has 0 fully saturated rings. The van der Waals surface area contributed by atoms with Crippen molar-refractivity contribution in [3.05, 3.63) is 0 Å². The van der Waals surface area contributed by atoms with E-state index in [1.807, 2.05) is 0 Å². The summed E-state index contributed by atoms with van der Waals surface area (Å²) in [4.78, 5) is 37.3. The van der Waals surface area contributed by atoms with Gasteiger partial charge >= 0.3 is 12.1 Å². The zero-order valence-electron chi connectivity index (χ0n) is 16.2. The summed E-state index contributed by atoms with van der Waals surface area (Å²) in [6.45, 7) is 10.5. The minimum atomic E-state index is -0.853. The molecule has 0 radical (unpaired) electrons. The maximum Gasteiger partial charge on any atom is 0.408 e. The van der Waals surface area contributed by atoms with Crippen LogP contribution in [0.2, 0.25) is 0 Å². The van der Waals surface area contributed by atoms with Crippen molar-refractivity contribution in [3.8, 4) is 0 Å². The third kappa shape index (κ3) is 10.9. The highest BCUT2D eigenvalue weighted by Crippen LogP contribution is 2.13. The number of carbonyl (C=O) groups excluding carboxylic acids is 3. The first kappa shape index (κ1) is 22.2. The SMILES string of the molecule is CN(C)C(=O)CCC[C@@H](NC(=O)OC(C)(C)C)C(=O)OC(C)(C)C. The third-order valence-electron chi connectivity index (χ3n) is 2.76. The molecule has 0 bridgehead atoms. The van der Waals surface area contributed by atoms with Gasteiger partial charge < -0.3 is 19.7 Å². The van der Waals surface area contributed by atoms with Crippen LogP contribution >= 0.6 is 0 Å². The van der Waals surface area contributed by atoms with E-state index in [4.69, 9.17) is 9.47 Å². The van der Waals surface area contributed by atoms with Gasteiger partial charge in [-0.1, -0.05) is 0 Å². The molecule has 1 N–H and O–H groups in total. The van der Waals surface area contributed by atoms with Crippen molar-refractivity contribution in [1.82, 2.24) is 10.2 Å². The van der Waals surface area contributed by atoms with Gasteiger partial charge in [0.05, 0.1) is 0 Å². The average Bonchev–Trinajstić information content (AvgIpc) is 2.32. The Morgan fingerprint density at radius 1 is 0.958 bits per heavy atom. The number of hydrogen-bond donors (Lipinski definition) is 1. The molecule has 24 heavy (non-hydrogen) atoms. The van der Waals surface area contributed by atoms with E-state index in [1.54, 1.807) is 55.6 Å². The number of carbonyl (C=O) groups is 3. The molecule has 7 nitrogen and oxygen atoms in total. The number of nitrogens with zero attached hydrogens (tertiary/aromatic N) is 1. The first-order valence-electron chi connectivity index (χ1n) is 8.14. The molecule has 140 valence electrons. The Morgan fingerprint density at radius 3 is 1.88 bits per heavy atom. The number of alkyl carbamates (subject to hydrolysis) is 1. The highest BCUT2D eigenvalue weighted by molar-refractivity contribution is 5.82. The number of amides is 2. The number of ether oxygens (including phenoxy) is 2. The van der Waals surface area contributed by atoms with Gasteiger partial charge in [-0.25, -0.2) is 9.59 Å². The molecule has 0 rings (SSSR count). The maximum absolute atomic E-state index is 12.3. The van der Waals surface area contributed by atoms with Gasteiger partial charge in [-0.15, -0.1) is 0 Å². The quantitative estimate of drug-likeness (QED) is 0.748. The van der Waals surface area contributed by atoms with E-state index in [1.165, 1.54) is 4.90 Å². The van der Waals surface area contributed by atoms with E-state index in [2.05, 4.69) is 5.32 Å². The van der Waals surface area contributed by atoms with E-state index in [9.17, 15) is 14.4 Å². The van der Waals surface area contributed by atoms with Crippen LogP contribution in [0.5, 0.6) is 0 Å². The summed E-state index contributed by atoms with van der Waals surface area (Å²) in [6, 6.07) is -0.853. The van der Waals surface area contributed by atoms with Crippen molar-refractivity contribution in [3.63, 3.8) is 0 Å². The van der Waals surface area contributed by atoms with Gasteiger partial charge in [0.25, 0.3) is 0 Å². The summed E-state index contributed by atoms with van der Waals surface area (Å²) in [5.41, 5.74) is -1.33. The fourth-order valence-corrected chi connectivity index (χ4v) is 1.75. The smallest absolute Gasteiger partial charge is 0.408 e. The zero-order valence-corrected chi connectivity index (χ0v) is 16.2. The van der Waals surface area contributed by atoms with Crippen molar-refractivity contribution >= 4 is 18.0 Å². The van der Waals surface area contributed by atoms with Crippen LogP contribution in [0.15, 0.2) is 0 Å². The molecular formula is C17H32N2O5. The van der Waals surface area contributed by atoms with Crippen LogP contribution in [0.4, 0.5) is 4.79 Å². The summed E-state index contributed by atoms with van der Waals surface area (Å²) < 4.78 is 10.5. The van der Waals surface area contributed by atoms with Gasteiger partial charge in [-0.05, 0) is 54.4 Å². The van der Waals surface area contributed by atoms with E-state index in [-0.39, 0.29) is 5.91 Å². The zero-order chi connectivity index (χ0) is 19.1.